The van der Waals surface area contributed by atoms with Gasteiger partial charge in [0.1, 0.15) is 0 Å². The number of halogens is 1. The molecule has 2 N–H and O–H groups in total. The molecular formula is C12H18BrNS. The van der Waals surface area contributed by atoms with Crippen LogP contribution in [0.2, 0.25) is 0 Å². The first-order chi connectivity index (χ1) is 7.18. The fourth-order valence-electron chi connectivity index (χ4n) is 2.81. The van der Waals surface area contributed by atoms with E-state index in [4.69, 9.17) is 5.73 Å². The van der Waals surface area contributed by atoms with E-state index in [1.807, 2.05) is 0 Å². The van der Waals surface area contributed by atoms with Crippen LogP contribution >= 0.6 is 27.3 Å². The normalized spacial score (nSPS) is 31.8. The summed E-state index contributed by atoms with van der Waals surface area (Å²) in [5.74, 6) is 0.650. The lowest BCUT2D eigenvalue weighted by atomic mass is 9.69. The fourth-order valence-corrected chi connectivity index (χ4v) is 4.56. The first-order valence-electron chi connectivity index (χ1n) is 5.69. The van der Waals surface area contributed by atoms with E-state index in [2.05, 4.69) is 33.6 Å². The molecule has 0 radical (unpaired) electrons. The predicted molar refractivity (Wildman–Crippen MR) is 70.1 cm³/mol. The zero-order chi connectivity index (χ0) is 10.9. The number of hydrogen-bond donors (Lipinski definition) is 1. The molecule has 2 atom stereocenters. The molecule has 1 heterocycles. The second-order valence-corrected chi connectivity index (χ2v) is 6.12. The maximum atomic E-state index is 6.66. The van der Waals surface area contributed by atoms with E-state index in [1.54, 1.807) is 11.3 Å². The van der Waals surface area contributed by atoms with Crippen molar-refractivity contribution in [3.8, 4) is 0 Å². The van der Waals surface area contributed by atoms with E-state index < -0.39 is 0 Å². The maximum absolute atomic E-state index is 6.66. The van der Waals surface area contributed by atoms with Crippen LogP contribution in [-0.2, 0) is 5.54 Å². The molecule has 84 valence electrons. The minimum atomic E-state index is -0.0775. The lowest BCUT2D eigenvalue weighted by Crippen LogP contribution is -2.46. The van der Waals surface area contributed by atoms with Crippen LogP contribution in [0.25, 0.3) is 0 Å². The molecule has 1 aliphatic carbocycles. The van der Waals surface area contributed by atoms with Gasteiger partial charge in [0.2, 0.25) is 0 Å². The van der Waals surface area contributed by atoms with Crippen LogP contribution in [0.5, 0.6) is 0 Å². The van der Waals surface area contributed by atoms with E-state index in [-0.39, 0.29) is 5.54 Å². The van der Waals surface area contributed by atoms with E-state index in [1.165, 1.54) is 35.7 Å². The lowest BCUT2D eigenvalue weighted by molar-refractivity contribution is 0.184. The third-order valence-corrected chi connectivity index (χ3v) is 5.43. The van der Waals surface area contributed by atoms with Gasteiger partial charge < -0.3 is 5.73 Å². The van der Waals surface area contributed by atoms with Crippen molar-refractivity contribution in [2.75, 3.05) is 0 Å². The molecule has 2 rings (SSSR count). The second kappa shape index (κ2) is 4.56. The van der Waals surface area contributed by atoms with Crippen LogP contribution in [0.4, 0.5) is 0 Å². The van der Waals surface area contributed by atoms with Gasteiger partial charge in [0.25, 0.3) is 0 Å². The van der Waals surface area contributed by atoms with Crippen LogP contribution in [0.3, 0.4) is 0 Å². The van der Waals surface area contributed by atoms with Gasteiger partial charge >= 0.3 is 0 Å². The molecule has 0 bridgehead atoms. The maximum Gasteiger partial charge on any atom is 0.0457 e. The minimum Gasteiger partial charge on any atom is -0.321 e. The molecule has 0 aromatic carbocycles. The van der Waals surface area contributed by atoms with E-state index in [0.29, 0.717) is 5.92 Å². The average molecular weight is 288 g/mol. The highest BCUT2D eigenvalue weighted by Crippen LogP contribution is 2.44. The molecule has 1 aliphatic rings. The highest BCUT2D eigenvalue weighted by atomic mass is 79.9. The molecule has 0 aliphatic heterocycles. The van der Waals surface area contributed by atoms with Gasteiger partial charge in [-0.25, -0.2) is 0 Å². The summed E-state index contributed by atoms with van der Waals surface area (Å²) in [7, 11) is 0. The molecule has 2 unspecified atom stereocenters. The summed E-state index contributed by atoms with van der Waals surface area (Å²) in [5, 5.41) is 4.36. The Morgan fingerprint density at radius 2 is 2.33 bits per heavy atom. The Labute approximate surface area is 104 Å². The van der Waals surface area contributed by atoms with Crippen molar-refractivity contribution in [1.82, 2.24) is 0 Å². The Balaban J connectivity index is 2.34. The summed E-state index contributed by atoms with van der Waals surface area (Å²) in [6, 6.07) is 0. The summed E-state index contributed by atoms with van der Waals surface area (Å²) in [6.45, 7) is 2.26. The quantitative estimate of drug-likeness (QED) is 0.864. The molecule has 15 heavy (non-hydrogen) atoms. The van der Waals surface area contributed by atoms with Gasteiger partial charge in [-0.15, -0.1) is 0 Å². The number of hydrogen-bond acceptors (Lipinski definition) is 2. The fraction of sp³-hybridized carbons (Fsp3) is 0.667. The molecular weight excluding hydrogens is 270 g/mol. The van der Waals surface area contributed by atoms with E-state index in [0.717, 1.165) is 6.42 Å². The summed E-state index contributed by atoms with van der Waals surface area (Å²) in [6.07, 6.45) is 6.24. The molecule has 1 aromatic heterocycles. The first kappa shape index (κ1) is 11.6. The zero-order valence-electron chi connectivity index (χ0n) is 9.13. The average Bonchev–Trinajstić information content (AvgIpc) is 2.66. The Bertz CT molecular complexity index is 336. The lowest BCUT2D eigenvalue weighted by Gasteiger charge is -2.41. The third-order valence-electron chi connectivity index (χ3n) is 3.73. The molecule has 0 amide bonds. The molecule has 1 saturated carbocycles. The van der Waals surface area contributed by atoms with Gasteiger partial charge in [-0.3, -0.25) is 0 Å². The van der Waals surface area contributed by atoms with Crippen LogP contribution in [0.1, 0.15) is 44.6 Å². The third kappa shape index (κ3) is 2.02. The van der Waals surface area contributed by atoms with Crippen molar-refractivity contribution in [2.24, 2.45) is 11.7 Å². The molecule has 0 spiro atoms. The largest absolute Gasteiger partial charge is 0.321 e. The molecule has 1 nitrogen and oxygen atoms in total. The van der Waals surface area contributed by atoms with Crippen molar-refractivity contribution < 1.29 is 0 Å². The Hall–Kier alpha value is 0.140. The summed E-state index contributed by atoms with van der Waals surface area (Å²) >= 11 is 5.37. The van der Waals surface area contributed by atoms with Gasteiger partial charge in [0.05, 0.1) is 0 Å². The second-order valence-electron chi connectivity index (χ2n) is 4.52. The van der Waals surface area contributed by atoms with Crippen LogP contribution in [-0.4, -0.2) is 0 Å². The van der Waals surface area contributed by atoms with Gasteiger partial charge in [-0.2, -0.15) is 11.3 Å². The molecule has 3 heteroatoms. The van der Waals surface area contributed by atoms with Gasteiger partial charge in [-0.05, 0) is 45.6 Å². The van der Waals surface area contributed by atoms with Crippen LogP contribution in [0, 0.1) is 5.92 Å². The summed E-state index contributed by atoms with van der Waals surface area (Å²) in [5.41, 5.74) is 7.91. The van der Waals surface area contributed by atoms with Crippen molar-refractivity contribution in [3.05, 3.63) is 20.8 Å². The highest BCUT2D eigenvalue weighted by Gasteiger charge is 2.39. The minimum absolute atomic E-state index is 0.0775. The Morgan fingerprint density at radius 3 is 2.93 bits per heavy atom. The smallest absolute Gasteiger partial charge is 0.0457 e. The van der Waals surface area contributed by atoms with Gasteiger partial charge in [0, 0.05) is 15.4 Å². The van der Waals surface area contributed by atoms with Crippen molar-refractivity contribution >= 4 is 27.3 Å². The summed E-state index contributed by atoms with van der Waals surface area (Å²) < 4.78 is 1.20. The van der Waals surface area contributed by atoms with E-state index >= 15 is 0 Å². The molecule has 0 saturated heterocycles. The number of nitrogens with two attached hydrogens (primary N) is 1. The molecule has 1 fully saturated rings. The summed E-state index contributed by atoms with van der Waals surface area (Å²) in [4.78, 5) is 0. The topological polar surface area (TPSA) is 26.0 Å². The zero-order valence-corrected chi connectivity index (χ0v) is 11.5. The SMILES string of the molecule is CCC1CCCCC1(N)c1cscc1Br. The number of rotatable bonds is 2. The highest BCUT2D eigenvalue weighted by molar-refractivity contribution is 9.10. The number of thiophene rings is 1. The van der Waals surface area contributed by atoms with Crippen molar-refractivity contribution in [3.63, 3.8) is 0 Å². The Morgan fingerprint density at radius 1 is 1.53 bits per heavy atom. The van der Waals surface area contributed by atoms with Gasteiger partial charge in [-0.1, -0.05) is 26.2 Å². The first-order valence-corrected chi connectivity index (χ1v) is 7.43. The van der Waals surface area contributed by atoms with Crippen molar-refractivity contribution in [1.29, 1.82) is 0 Å². The van der Waals surface area contributed by atoms with Crippen LogP contribution < -0.4 is 5.73 Å². The monoisotopic (exact) mass is 287 g/mol. The molecule has 1 aromatic rings. The predicted octanol–water partition coefficient (Wildman–Crippen LogP) is 4.26. The van der Waals surface area contributed by atoms with Crippen molar-refractivity contribution in [2.45, 2.75) is 44.6 Å². The van der Waals surface area contributed by atoms with E-state index in [9.17, 15) is 0 Å². The van der Waals surface area contributed by atoms with Crippen LogP contribution in [0.15, 0.2) is 15.2 Å². The Kier molecular flexibility index (Phi) is 3.53. The standard InChI is InChI=1S/C12H18BrNS/c1-2-9-5-3-4-6-12(9,14)10-7-15-8-11(10)13/h7-9H,2-6,14H2,1H3. The van der Waals surface area contributed by atoms with Gasteiger partial charge in [0.15, 0.2) is 0 Å².